The standard InChI is InChI=1S/C15H21NO3S/c1-9-10(2)20-14(12(9)15(18)19-3)16-13(17)11-7-5-4-6-8-11/h11H,4-8H2,1-3H3,(H,16,17). The summed E-state index contributed by atoms with van der Waals surface area (Å²) in [5.74, 6) is -0.265. The molecule has 1 fully saturated rings. The molecule has 1 aromatic heterocycles. The molecule has 4 nitrogen and oxygen atoms in total. The largest absolute Gasteiger partial charge is 0.465 e. The average molecular weight is 295 g/mol. The zero-order chi connectivity index (χ0) is 14.7. The van der Waals surface area contributed by atoms with Crippen molar-refractivity contribution in [1.29, 1.82) is 0 Å². The highest BCUT2D eigenvalue weighted by molar-refractivity contribution is 7.16. The predicted molar refractivity (Wildman–Crippen MR) is 80.3 cm³/mol. The van der Waals surface area contributed by atoms with Gasteiger partial charge in [-0.1, -0.05) is 19.3 Å². The van der Waals surface area contributed by atoms with Crippen molar-refractivity contribution in [3.8, 4) is 0 Å². The third-order valence-electron chi connectivity index (χ3n) is 3.99. The number of hydrogen-bond donors (Lipinski definition) is 1. The van der Waals surface area contributed by atoms with Gasteiger partial charge in [0, 0.05) is 10.8 Å². The van der Waals surface area contributed by atoms with Gasteiger partial charge in [0.2, 0.25) is 5.91 Å². The van der Waals surface area contributed by atoms with Crippen molar-refractivity contribution in [3.05, 3.63) is 16.0 Å². The molecule has 1 heterocycles. The monoisotopic (exact) mass is 295 g/mol. The molecular weight excluding hydrogens is 274 g/mol. The van der Waals surface area contributed by atoms with Gasteiger partial charge in [0.15, 0.2) is 0 Å². The van der Waals surface area contributed by atoms with E-state index in [1.807, 2.05) is 13.8 Å². The lowest BCUT2D eigenvalue weighted by Gasteiger charge is -2.20. The second-order valence-electron chi connectivity index (χ2n) is 5.30. The van der Waals surface area contributed by atoms with E-state index in [1.54, 1.807) is 0 Å². The summed E-state index contributed by atoms with van der Waals surface area (Å²) in [6.07, 6.45) is 5.34. The van der Waals surface area contributed by atoms with Gasteiger partial charge in [0.05, 0.1) is 12.7 Å². The minimum absolute atomic E-state index is 0.0381. The normalized spacial score (nSPS) is 15.9. The fraction of sp³-hybridized carbons (Fsp3) is 0.600. The fourth-order valence-electron chi connectivity index (χ4n) is 2.64. The summed E-state index contributed by atoms with van der Waals surface area (Å²) in [4.78, 5) is 25.2. The molecule has 20 heavy (non-hydrogen) atoms. The Kier molecular flexibility index (Phi) is 4.81. The Labute approximate surface area is 123 Å². The number of thiophene rings is 1. The highest BCUT2D eigenvalue weighted by Gasteiger charge is 2.25. The number of ether oxygens (including phenoxy) is 1. The topological polar surface area (TPSA) is 55.4 Å². The number of carbonyl (C=O) groups is 2. The Morgan fingerprint density at radius 1 is 1.20 bits per heavy atom. The van der Waals surface area contributed by atoms with Gasteiger partial charge < -0.3 is 10.1 Å². The van der Waals surface area contributed by atoms with E-state index in [9.17, 15) is 9.59 Å². The molecule has 110 valence electrons. The maximum absolute atomic E-state index is 12.3. The molecule has 0 spiro atoms. The summed E-state index contributed by atoms with van der Waals surface area (Å²) in [6, 6.07) is 0. The van der Waals surface area contributed by atoms with Crippen molar-refractivity contribution in [2.24, 2.45) is 5.92 Å². The highest BCUT2D eigenvalue weighted by Crippen LogP contribution is 2.34. The molecule has 0 unspecified atom stereocenters. The summed E-state index contributed by atoms with van der Waals surface area (Å²) in [7, 11) is 1.36. The third-order valence-corrected chi connectivity index (χ3v) is 5.11. The molecule has 0 radical (unpaired) electrons. The van der Waals surface area contributed by atoms with Crippen molar-refractivity contribution in [1.82, 2.24) is 0 Å². The van der Waals surface area contributed by atoms with Crippen LogP contribution in [0.3, 0.4) is 0 Å². The third kappa shape index (κ3) is 3.03. The van der Waals surface area contributed by atoms with Crippen LogP contribution in [0.2, 0.25) is 0 Å². The smallest absolute Gasteiger partial charge is 0.341 e. The maximum atomic E-state index is 12.3. The van der Waals surface area contributed by atoms with Gasteiger partial charge in [-0.25, -0.2) is 4.79 Å². The Balaban J connectivity index is 2.18. The number of methoxy groups -OCH3 is 1. The lowest BCUT2D eigenvalue weighted by Crippen LogP contribution is -2.25. The highest BCUT2D eigenvalue weighted by atomic mass is 32.1. The Morgan fingerprint density at radius 2 is 1.85 bits per heavy atom. The van der Waals surface area contributed by atoms with E-state index < -0.39 is 0 Å². The number of aryl methyl sites for hydroxylation is 1. The van der Waals surface area contributed by atoms with E-state index in [4.69, 9.17) is 4.74 Å². The van der Waals surface area contributed by atoms with Gasteiger partial charge in [0.1, 0.15) is 5.00 Å². The molecule has 0 atom stereocenters. The number of anilines is 1. The molecule has 0 aliphatic heterocycles. The SMILES string of the molecule is COC(=O)c1c(NC(=O)C2CCCCC2)sc(C)c1C. The molecule has 1 saturated carbocycles. The molecule has 2 rings (SSSR count). The minimum Gasteiger partial charge on any atom is -0.465 e. The molecule has 1 aromatic rings. The van der Waals surface area contributed by atoms with Crippen LogP contribution in [0.1, 0.15) is 52.9 Å². The molecule has 1 aliphatic carbocycles. The summed E-state index contributed by atoms with van der Waals surface area (Å²) < 4.78 is 4.81. The Bertz CT molecular complexity index is 515. The van der Waals surface area contributed by atoms with Crippen LogP contribution in [0, 0.1) is 19.8 Å². The van der Waals surface area contributed by atoms with Crippen LogP contribution in [0.15, 0.2) is 0 Å². The summed E-state index contributed by atoms with van der Waals surface area (Å²) in [5.41, 5.74) is 1.39. The summed E-state index contributed by atoms with van der Waals surface area (Å²) in [5, 5.41) is 3.56. The molecule has 0 aromatic carbocycles. The maximum Gasteiger partial charge on any atom is 0.341 e. The number of rotatable bonds is 3. The molecule has 1 amide bonds. The average Bonchev–Trinajstić information content (AvgIpc) is 2.74. The van der Waals surface area contributed by atoms with Gasteiger partial charge in [-0.2, -0.15) is 0 Å². The predicted octanol–water partition coefficient (Wildman–Crippen LogP) is 3.67. The van der Waals surface area contributed by atoms with Gasteiger partial charge in [-0.15, -0.1) is 11.3 Å². The molecule has 5 heteroatoms. The minimum atomic E-state index is -0.384. The first-order valence-corrected chi connectivity index (χ1v) is 7.85. The molecule has 0 saturated heterocycles. The first-order valence-electron chi connectivity index (χ1n) is 7.03. The zero-order valence-corrected chi connectivity index (χ0v) is 13.1. The first-order chi connectivity index (χ1) is 9.54. The van der Waals surface area contributed by atoms with Crippen LogP contribution >= 0.6 is 11.3 Å². The summed E-state index contributed by atoms with van der Waals surface area (Å²) in [6.45, 7) is 3.83. The van der Waals surface area contributed by atoms with Gasteiger partial charge in [-0.05, 0) is 32.3 Å². The van der Waals surface area contributed by atoms with Crippen LogP contribution < -0.4 is 5.32 Å². The van der Waals surface area contributed by atoms with Crippen molar-refractivity contribution >= 4 is 28.2 Å². The molecular formula is C15H21NO3S. The van der Waals surface area contributed by atoms with E-state index >= 15 is 0 Å². The van der Waals surface area contributed by atoms with Gasteiger partial charge in [0.25, 0.3) is 0 Å². The number of hydrogen-bond acceptors (Lipinski definition) is 4. The lowest BCUT2D eigenvalue weighted by atomic mass is 9.89. The Morgan fingerprint density at radius 3 is 2.45 bits per heavy atom. The lowest BCUT2D eigenvalue weighted by molar-refractivity contribution is -0.120. The Hall–Kier alpha value is -1.36. The van der Waals surface area contributed by atoms with Gasteiger partial charge in [-0.3, -0.25) is 4.79 Å². The van der Waals surface area contributed by atoms with E-state index in [2.05, 4.69) is 5.32 Å². The fourth-order valence-corrected chi connectivity index (χ4v) is 3.69. The zero-order valence-electron chi connectivity index (χ0n) is 12.2. The second-order valence-corrected chi connectivity index (χ2v) is 6.53. The quantitative estimate of drug-likeness (QED) is 0.866. The van der Waals surface area contributed by atoms with Crippen LogP contribution in [-0.2, 0) is 9.53 Å². The first kappa shape index (κ1) is 15.0. The van der Waals surface area contributed by atoms with Gasteiger partial charge >= 0.3 is 5.97 Å². The number of nitrogens with one attached hydrogen (secondary N) is 1. The van der Waals surface area contributed by atoms with E-state index in [-0.39, 0.29) is 17.8 Å². The molecule has 1 aliphatic rings. The van der Waals surface area contributed by atoms with Crippen molar-refractivity contribution < 1.29 is 14.3 Å². The van der Waals surface area contributed by atoms with Crippen molar-refractivity contribution in [3.63, 3.8) is 0 Å². The number of esters is 1. The van der Waals surface area contributed by atoms with Crippen LogP contribution in [0.5, 0.6) is 0 Å². The van der Waals surface area contributed by atoms with E-state index in [0.29, 0.717) is 10.6 Å². The van der Waals surface area contributed by atoms with Crippen LogP contribution in [-0.4, -0.2) is 19.0 Å². The van der Waals surface area contributed by atoms with E-state index in [0.717, 1.165) is 36.1 Å². The van der Waals surface area contributed by atoms with Crippen LogP contribution in [0.4, 0.5) is 5.00 Å². The van der Waals surface area contributed by atoms with E-state index in [1.165, 1.54) is 24.9 Å². The molecule has 0 bridgehead atoms. The summed E-state index contributed by atoms with van der Waals surface area (Å²) >= 11 is 1.44. The molecule has 1 N–H and O–H groups in total. The van der Waals surface area contributed by atoms with Crippen molar-refractivity contribution in [2.45, 2.75) is 46.0 Å². The van der Waals surface area contributed by atoms with Crippen molar-refractivity contribution in [2.75, 3.05) is 12.4 Å². The number of amides is 1. The van der Waals surface area contributed by atoms with Crippen LogP contribution in [0.25, 0.3) is 0 Å². The second kappa shape index (κ2) is 6.39. The number of carbonyl (C=O) groups excluding carboxylic acids is 2.